The Kier molecular flexibility index (Phi) is 1.60. The highest BCUT2D eigenvalue weighted by Gasteiger charge is 2.43. The molecule has 3 unspecified atom stereocenters. The standard InChI is InChI=1S/C8H9ClN2O2/c9-8-10-7(11-13-8)5-3-4-1-2-6(5)12-4/h4-6H,1-3H2. The summed E-state index contributed by atoms with van der Waals surface area (Å²) in [6.07, 6.45) is 4.00. The number of halogens is 1. The maximum Gasteiger partial charge on any atom is 0.320 e. The average molecular weight is 201 g/mol. The quantitative estimate of drug-likeness (QED) is 0.693. The number of rotatable bonds is 1. The molecule has 1 aromatic heterocycles. The van der Waals surface area contributed by atoms with E-state index >= 15 is 0 Å². The van der Waals surface area contributed by atoms with Crippen molar-refractivity contribution in [3.63, 3.8) is 0 Å². The smallest absolute Gasteiger partial charge is 0.320 e. The maximum absolute atomic E-state index is 5.68. The lowest BCUT2D eigenvalue weighted by molar-refractivity contribution is 0.0996. The second-order valence-electron chi connectivity index (χ2n) is 3.62. The molecule has 5 heteroatoms. The van der Waals surface area contributed by atoms with E-state index in [0.717, 1.165) is 12.8 Å². The van der Waals surface area contributed by atoms with Crippen LogP contribution < -0.4 is 0 Å². The Morgan fingerprint density at radius 2 is 2.31 bits per heavy atom. The Bertz CT molecular complexity index is 328. The minimum Gasteiger partial charge on any atom is -0.374 e. The fourth-order valence-electron chi connectivity index (χ4n) is 2.28. The van der Waals surface area contributed by atoms with Gasteiger partial charge in [-0.3, -0.25) is 0 Å². The van der Waals surface area contributed by atoms with Crippen LogP contribution in [0.1, 0.15) is 31.0 Å². The van der Waals surface area contributed by atoms with Crippen molar-refractivity contribution in [1.29, 1.82) is 0 Å². The summed E-state index contributed by atoms with van der Waals surface area (Å²) in [6, 6.07) is 0. The Morgan fingerprint density at radius 3 is 2.85 bits per heavy atom. The average Bonchev–Trinajstić information content (AvgIpc) is 2.77. The van der Waals surface area contributed by atoms with Crippen molar-refractivity contribution < 1.29 is 9.26 Å². The third-order valence-electron chi connectivity index (χ3n) is 2.85. The van der Waals surface area contributed by atoms with Gasteiger partial charge in [0.05, 0.1) is 18.1 Å². The van der Waals surface area contributed by atoms with Crippen LogP contribution in [0.5, 0.6) is 0 Å². The summed E-state index contributed by atoms with van der Waals surface area (Å²) < 4.78 is 10.4. The molecule has 2 fully saturated rings. The van der Waals surface area contributed by atoms with Crippen LogP contribution in [0.15, 0.2) is 4.52 Å². The minimum atomic E-state index is 0.123. The Hall–Kier alpha value is -0.610. The number of ether oxygens (including phenoxy) is 1. The number of aromatic nitrogens is 2. The van der Waals surface area contributed by atoms with Gasteiger partial charge in [0.15, 0.2) is 5.82 Å². The molecule has 0 spiro atoms. The molecule has 3 heterocycles. The van der Waals surface area contributed by atoms with E-state index in [1.165, 1.54) is 6.42 Å². The summed E-state index contributed by atoms with van der Waals surface area (Å²) >= 11 is 5.56. The Morgan fingerprint density at radius 1 is 1.38 bits per heavy atom. The molecule has 2 saturated heterocycles. The van der Waals surface area contributed by atoms with Gasteiger partial charge in [0.25, 0.3) is 0 Å². The zero-order valence-corrected chi connectivity index (χ0v) is 7.70. The Labute approximate surface area is 80.2 Å². The minimum absolute atomic E-state index is 0.123. The number of hydrogen-bond donors (Lipinski definition) is 0. The SMILES string of the molecule is Clc1nc(C2CC3CCC2O3)no1. The van der Waals surface area contributed by atoms with Gasteiger partial charge in [0.2, 0.25) is 0 Å². The van der Waals surface area contributed by atoms with Crippen molar-refractivity contribution in [3.05, 3.63) is 11.2 Å². The maximum atomic E-state index is 5.68. The lowest BCUT2D eigenvalue weighted by Crippen LogP contribution is -2.15. The van der Waals surface area contributed by atoms with Crippen LogP contribution in [-0.4, -0.2) is 22.3 Å². The predicted molar refractivity (Wildman–Crippen MR) is 44.6 cm³/mol. The highest BCUT2D eigenvalue weighted by molar-refractivity contribution is 6.27. The number of nitrogens with zero attached hydrogens (tertiary/aromatic N) is 2. The van der Waals surface area contributed by atoms with Crippen molar-refractivity contribution in [1.82, 2.24) is 10.1 Å². The van der Waals surface area contributed by atoms with Crippen LogP contribution in [0.3, 0.4) is 0 Å². The summed E-state index contributed by atoms with van der Waals surface area (Å²) in [4.78, 5) is 4.02. The lowest BCUT2D eigenvalue weighted by atomic mass is 9.89. The molecule has 0 saturated carbocycles. The Balaban J connectivity index is 1.87. The van der Waals surface area contributed by atoms with Crippen LogP contribution >= 0.6 is 11.6 Å². The molecule has 70 valence electrons. The molecule has 2 bridgehead atoms. The first-order valence-corrected chi connectivity index (χ1v) is 4.85. The van der Waals surface area contributed by atoms with E-state index in [-0.39, 0.29) is 5.35 Å². The molecule has 1 aromatic rings. The van der Waals surface area contributed by atoms with Gasteiger partial charge in [-0.05, 0) is 30.9 Å². The summed E-state index contributed by atoms with van der Waals surface area (Å²) in [5.41, 5.74) is 0. The third kappa shape index (κ3) is 1.16. The van der Waals surface area contributed by atoms with E-state index in [4.69, 9.17) is 20.9 Å². The van der Waals surface area contributed by atoms with Crippen molar-refractivity contribution in [2.45, 2.75) is 37.4 Å². The number of hydrogen-bond acceptors (Lipinski definition) is 4. The zero-order valence-electron chi connectivity index (χ0n) is 6.94. The zero-order chi connectivity index (χ0) is 8.84. The second-order valence-corrected chi connectivity index (χ2v) is 3.94. The highest BCUT2D eigenvalue weighted by Crippen LogP contribution is 2.43. The first-order chi connectivity index (χ1) is 6.33. The van der Waals surface area contributed by atoms with Crippen molar-refractivity contribution in [3.8, 4) is 0 Å². The van der Waals surface area contributed by atoms with Gasteiger partial charge in [-0.15, -0.1) is 0 Å². The fourth-order valence-corrected chi connectivity index (χ4v) is 2.40. The summed E-state index contributed by atoms with van der Waals surface area (Å²) in [6.45, 7) is 0. The largest absolute Gasteiger partial charge is 0.374 e. The van der Waals surface area contributed by atoms with E-state index in [9.17, 15) is 0 Å². The van der Waals surface area contributed by atoms with Crippen LogP contribution in [-0.2, 0) is 4.74 Å². The van der Waals surface area contributed by atoms with Gasteiger partial charge in [0.1, 0.15) is 0 Å². The molecule has 2 aliphatic heterocycles. The predicted octanol–water partition coefficient (Wildman–Crippen LogP) is 1.76. The van der Waals surface area contributed by atoms with E-state index < -0.39 is 0 Å². The molecule has 0 amide bonds. The van der Waals surface area contributed by atoms with E-state index in [0.29, 0.717) is 24.0 Å². The number of fused-ring (bicyclic) bond motifs is 2. The molecule has 3 rings (SSSR count). The van der Waals surface area contributed by atoms with Gasteiger partial charge in [0, 0.05) is 0 Å². The monoisotopic (exact) mass is 200 g/mol. The van der Waals surface area contributed by atoms with E-state index in [1.807, 2.05) is 0 Å². The molecular weight excluding hydrogens is 192 g/mol. The third-order valence-corrected chi connectivity index (χ3v) is 3.01. The van der Waals surface area contributed by atoms with Crippen LogP contribution in [0.25, 0.3) is 0 Å². The van der Waals surface area contributed by atoms with Gasteiger partial charge in [-0.2, -0.15) is 4.98 Å². The van der Waals surface area contributed by atoms with Gasteiger partial charge in [-0.25, -0.2) is 0 Å². The van der Waals surface area contributed by atoms with Gasteiger partial charge < -0.3 is 9.26 Å². The highest BCUT2D eigenvalue weighted by atomic mass is 35.5. The van der Waals surface area contributed by atoms with Gasteiger partial charge >= 0.3 is 5.35 Å². The van der Waals surface area contributed by atoms with Crippen molar-refractivity contribution in [2.24, 2.45) is 0 Å². The molecular formula is C8H9ClN2O2. The summed E-state index contributed by atoms with van der Waals surface area (Å²) in [5, 5.41) is 3.94. The van der Waals surface area contributed by atoms with Crippen molar-refractivity contribution in [2.75, 3.05) is 0 Å². The normalized spacial score (nSPS) is 37.2. The topological polar surface area (TPSA) is 48.2 Å². The second kappa shape index (κ2) is 2.69. The fraction of sp³-hybridized carbons (Fsp3) is 0.750. The molecule has 3 atom stereocenters. The van der Waals surface area contributed by atoms with E-state index in [2.05, 4.69) is 10.1 Å². The van der Waals surface area contributed by atoms with Gasteiger partial charge in [-0.1, -0.05) is 5.16 Å². The summed E-state index contributed by atoms with van der Waals surface area (Å²) in [7, 11) is 0. The van der Waals surface area contributed by atoms with Crippen molar-refractivity contribution >= 4 is 11.6 Å². The molecule has 0 aliphatic carbocycles. The van der Waals surface area contributed by atoms with Crippen LogP contribution in [0.4, 0.5) is 0 Å². The first kappa shape index (κ1) is 7.76. The molecule has 0 N–H and O–H groups in total. The molecule has 2 aliphatic rings. The summed E-state index contributed by atoms with van der Waals surface area (Å²) in [5.74, 6) is 1.01. The van der Waals surface area contributed by atoms with Crippen LogP contribution in [0.2, 0.25) is 5.35 Å². The lowest BCUT2D eigenvalue weighted by Gasteiger charge is -2.13. The first-order valence-electron chi connectivity index (χ1n) is 4.47. The van der Waals surface area contributed by atoms with E-state index in [1.54, 1.807) is 0 Å². The molecule has 13 heavy (non-hydrogen) atoms. The molecule has 0 aromatic carbocycles. The molecule has 4 nitrogen and oxygen atoms in total. The molecule has 0 radical (unpaired) electrons. The van der Waals surface area contributed by atoms with Crippen LogP contribution in [0, 0.1) is 0 Å².